The van der Waals surface area contributed by atoms with E-state index in [0.29, 0.717) is 10.6 Å². The predicted molar refractivity (Wildman–Crippen MR) is 126 cm³/mol. The van der Waals surface area contributed by atoms with Crippen molar-refractivity contribution >= 4 is 34.6 Å². The number of carbonyl (C=O) groups excluding carboxylic acids is 1. The van der Waals surface area contributed by atoms with Crippen molar-refractivity contribution in [2.75, 3.05) is 12.9 Å². The van der Waals surface area contributed by atoms with Crippen LogP contribution in [0.15, 0.2) is 83.8 Å². The van der Waals surface area contributed by atoms with E-state index >= 15 is 0 Å². The highest BCUT2D eigenvalue weighted by Crippen LogP contribution is 2.24. The number of nitro benzene ring substituents is 1. The minimum Gasteiger partial charge on any atom is -0.469 e. The molecule has 2 unspecified atom stereocenters. The second kappa shape index (κ2) is 11.2. The van der Waals surface area contributed by atoms with E-state index in [1.54, 1.807) is 30.3 Å². The molecule has 0 amide bonds. The fourth-order valence-electron chi connectivity index (χ4n) is 3.23. The highest BCUT2D eigenvalue weighted by atomic mass is 32.2. The summed E-state index contributed by atoms with van der Waals surface area (Å²) in [4.78, 5) is 23.0. The number of hydrogen-bond acceptors (Lipinski definition) is 5. The smallest absolute Gasteiger partial charge is 0.306 e. The molecule has 0 radical (unpaired) electrons. The standard InChI is InChI=1S/C25H23NO5S/c1-31-25(27)17-22(21-7-3-2-4-8-21)18-32(30)24-14-12-19(13-15-24)10-11-20-6-5-9-23(16-20)26(28)29/h2-16,22H,17-18H2,1H3/b11-10+. The molecule has 32 heavy (non-hydrogen) atoms. The molecule has 3 aromatic rings. The van der Waals surface area contributed by atoms with Crippen LogP contribution in [0, 0.1) is 10.1 Å². The lowest BCUT2D eigenvalue weighted by molar-refractivity contribution is -0.384. The van der Waals surface area contributed by atoms with E-state index in [2.05, 4.69) is 0 Å². The van der Waals surface area contributed by atoms with Crippen molar-refractivity contribution in [3.63, 3.8) is 0 Å². The van der Waals surface area contributed by atoms with Crippen molar-refractivity contribution in [2.45, 2.75) is 17.2 Å². The second-order valence-corrected chi connectivity index (χ2v) is 8.65. The largest absolute Gasteiger partial charge is 0.469 e. The van der Waals surface area contributed by atoms with Gasteiger partial charge in [-0.15, -0.1) is 0 Å². The monoisotopic (exact) mass is 449 g/mol. The summed E-state index contributed by atoms with van der Waals surface area (Å²) < 4.78 is 17.8. The van der Waals surface area contributed by atoms with Gasteiger partial charge >= 0.3 is 5.97 Å². The molecule has 6 nitrogen and oxygen atoms in total. The molecule has 0 N–H and O–H groups in total. The Morgan fingerprint density at radius 3 is 2.34 bits per heavy atom. The highest BCUT2D eigenvalue weighted by Gasteiger charge is 2.20. The van der Waals surface area contributed by atoms with Crippen LogP contribution in [0.25, 0.3) is 12.2 Å². The minimum absolute atomic E-state index is 0.0396. The maximum atomic E-state index is 13.0. The molecular weight excluding hydrogens is 426 g/mol. The van der Waals surface area contributed by atoms with E-state index in [-0.39, 0.29) is 24.0 Å². The normalized spacial score (nSPS) is 12.9. The van der Waals surface area contributed by atoms with Crippen LogP contribution in [0.2, 0.25) is 0 Å². The van der Waals surface area contributed by atoms with E-state index < -0.39 is 15.7 Å². The summed E-state index contributed by atoms with van der Waals surface area (Å²) in [7, 11) is 0.0527. The number of hydrogen-bond donors (Lipinski definition) is 0. The van der Waals surface area contributed by atoms with Crippen molar-refractivity contribution in [3.05, 3.63) is 106 Å². The van der Waals surface area contributed by atoms with Crippen LogP contribution in [0.3, 0.4) is 0 Å². The first kappa shape index (κ1) is 23.1. The third-order valence-electron chi connectivity index (χ3n) is 4.96. The number of carbonyl (C=O) groups is 1. The molecule has 0 aliphatic carbocycles. The van der Waals surface area contributed by atoms with Gasteiger partial charge in [-0.05, 0) is 28.8 Å². The minimum atomic E-state index is -1.30. The van der Waals surface area contributed by atoms with Gasteiger partial charge in [-0.3, -0.25) is 19.1 Å². The zero-order valence-electron chi connectivity index (χ0n) is 17.5. The Labute approximate surface area is 189 Å². The van der Waals surface area contributed by atoms with Gasteiger partial charge < -0.3 is 4.74 Å². The lowest BCUT2D eigenvalue weighted by Crippen LogP contribution is -2.15. The molecule has 0 aliphatic heterocycles. The number of nitro groups is 1. The van der Waals surface area contributed by atoms with Gasteiger partial charge in [-0.1, -0.05) is 66.7 Å². The molecule has 3 aromatic carbocycles. The first-order valence-electron chi connectivity index (χ1n) is 9.99. The molecular formula is C25H23NO5S. The molecule has 0 heterocycles. The molecule has 0 saturated heterocycles. The molecule has 0 aliphatic rings. The number of esters is 1. The molecule has 7 heteroatoms. The summed E-state index contributed by atoms with van der Waals surface area (Å²) >= 11 is 0. The summed E-state index contributed by atoms with van der Waals surface area (Å²) in [6.07, 6.45) is 3.80. The maximum absolute atomic E-state index is 13.0. The second-order valence-electron chi connectivity index (χ2n) is 7.15. The number of non-ortho nitro benzene ring substituents is 1. The molecule has 0 fully saturated rings. The fourth-order valence-corrected chi connectivity index (χ4v) is 4.53. The summed E-state index contributed by atoms with van der Waals surface area (Å²) in [5.74, 6) is -0.238. The molecule has 0 bridgehead atoms. The Bertz CT molecular complexity index is 1130. The Balaban J connectivity index is 1.70. The van der Waals surface area contributed by atoms with Crippen molar-refractivity contribution in [2.24, 2.45) is 0 Å². The van der Waals surface area contributed by atoms with Gasteiger partial charge in [0.25, 0.3) is 5.69 Å². The van der Waals surface area contributed by atoms with Crippen LogP contribution < -0.4 is 0 Å². The van der Waals surface area contributed by atoms with Crippen molar-refractivity contribution in [1.82, 2.24) is 0 Å². The molecule has 0 spiro atoms. The predicted octanol–water partition coefficient (Wildman–Crippen LogP) is 5.22. The van der Waals surface area contributed by atoms with Gasteiger partial charge in [0, 0.05) is 28.7 Å². The highest BCUT2D eigenvalue weighted by molar-refractivity contribution is 7.85. The SMILES string of the molecule is COC(=O)CC(CS(=O)c1ccc(/C=C/c2cccc([N+](=O)[O-])c2)cc1)c1ccccc1. The average Bonchev–Trinajstić information content (AvgIpc) is 2.83. The lowest BCUT2D eigenvalue weighted by Gasteiger charge is -2.16. The molecule has 0 saturated carbocycles. The number of benzene rings is 3. The first-order valence-corrected chi connectivity index (χ1v) is 11.3. The molecule has 3 rings (SSSR count). The van der Waals surface area contributed by atoms with E-state index in [9.17, 15) is 19.1 Å². The van der Waals surface area contributed by atoms with Crippen LogP contribution in [0.5, 0.6) is 0 Å². The first-order chi connectivity index (χ1) is 15.5. The molecule has 164 valence electrons. The third-order valence-corrected chi connectivity index (χ3v) is 6.46. The third kappa shape index (κ3) is 6.46. The van der Waals surface area contributed by atoms with Gasteiger partial charge in [-0.25, -0.2) is 0 Å². The Morgan fingerprint density at radius 1 is 1.00 bits per heavy atom. The van der Waals surface area contributed by atoms with Crippen LogP contribution in [-0.4, -0.2) is 28.0 Å². The van der Waals surface area contributed by atoms with Gasteiger partial charge in [0.1, 0.15) is 0 Å². The zero-order valence-corrected chi connectivity index (χ0v) is 18.4. The van der Waals surface area contributed by atoms with Crippen LogP contribution >= 0.6 is 0 Å². The number of methoxy groups -OCH3 is 1. The van der Waals surface area contributed by atoms with Crippen molar-refractivity contribution in [1.29, 1.82) is 0 Å². The quantitative estimate of drug-likeness (QED) is 0.193. The summed E-state index contributed by atoms with van der Waals surface area (Å²) in [5, 5.41) is 10.9. The van der Waals surface area contributed by atoms with E-state index in [0.717, 1.165) is 16.7 Å². The summed E-state index contributed by atoms with van der Waals surface area (Å²) in [6, 6.07) is 23.2. The van der Waals surface area contributed by atoms with Gasteiger partial charge in [0.15, 0.2) is 0 Å². The van der Waals surface area contributed by atoms with E-state index in [1.807, 2.05) is 48.5 Å². The van der Waals surface area contributed by atoms with Gasteiger partial charge in [0.2, 0.25) is 0 Å². The van der Waals surface area contributed by atoms with E-state index in [4.69, 9.17) is 4.74 Å². The lowest BCUT2D eigenvalue weighted by atomic mass is 9.98. The Kier molecular flexibility index (Phi) is 8.05. The van der Waals surface area contributed by atoms with Crippen LogP contribution in [0.4, 0.5) is 5.69 Å². The molecule has 2 atom stereocenters. The Morgan fingerprint density at radius 2 is 1.69 bits per heavy atom. The average molecular weight is 450 g/mol. The van der Waals surface area contributed by atoms with Crippen molar-refractivity contribution < 1.29 is 18.7 Å². The van der Waals surface area contributed by atoms with Crippen LogP contribution in [0.1, 0.15) is 29.0 Å². The van der Waals surface area contributed by atoms with Crippen molar-refractivity contribution in [3.8, 4) is 0 Å². The van der Waals surface area contributed by atoms with Crippen LogP contribution in [-0.2, 0) is 20.3 Å². The maximum Gasteiger partial charge on any atom is 0.306 e. The van der Waals surface area contributed by atoms with E-state index in [1.165, 1.54) is 19.2 Å². The number of nitrogens with zero attached hydrogens (tertiary/aromatic N) is 1. The summed E-state index contributed by atoms with van der Waals surface area (Å²) in [6.45, 7) is 0. The fraction of sp³-hybridized carbons (Fsp3) is 0.160. The number of ether oxygens (including phenoxy) is 1. The number of rotatable bonds is 9. The Hall–Kier alpha value is -3.58. The van der Waals surface area contributed by atoms with Gasteiger partial charge in [-0.2, -0.15) is 0 Å². The van der Waals surface area contributed by atoms with Gasteiger partial charge in [0.05, 0.1) is 29.3 Å². The zero-order chi connectivity index (χ0) is 22.9. The summed E-state index contributed by atoms with van der Waals surface area (Å²) in [5.41, 5.74) is 2.59. The topological polar surface area (TPSA) is 86.5 Å². The molecule has 0 aromatic heterocycles.